The van der Waals surface area contributed by atoms with Crippen LogP contribution in [-0.4, -0.2) is 26.2 Å². The summed E-state index contributed by atoms with van der Waals surface area (Å²) < 4.78 is 10.5. The van der Waals surface area contributed by atoms with Gasteiger partial charge in [-0.05, 0) is 37.1 Å². The summed E-state index contributed by atoms with van der Waals surface area (Å²) in [5.74, 6) is 0.898. The van der Waals surface area contributed by atoms with Crippen LogP contribution in [0.25, 0.3) is 6.08 Å². The summed E-state index contributed by atoms with van der Waals surface area (Å²) in [7, 11) is 3.11. The Morgan fingerprint density at radius 2 is 2.00 bits per heavy atom. The van der Waals surface area contributed by atoms with Gasteiger partial charge in [0, 0.05) is 11.6 Å². The second-order valence-electron chi connectivity index (χ2n) is 5.59. The average molecular weight is 314 g/mol. The summed E-state index contributed by atoms with van der Waals surface area (Å²) in [5.41, 5.74) is 0.712. The zero-order valence-corrected chi connectivity index (χ0v) is 13.6. The van der Waals surface area contributed by atoms with Gasteiger partial charge in [0.1, 0.15) is 23.1 Å². The fourth-order valence-electron chi connectivity index (χ4n) is 2.77. The summed E-state index contributed by atoms with van der Waals surface area (Å²) in [4.78, 5) is 12.3. The summed E-state index contributed by atoms with van der Waals surface area (Å²) in [5, 5.41) is 12.3. The highest BCUT2D eigenvalue weighted by molar-refractivity contribution is 6.02. The van der Waals surface area contributed by atoms with Crippen LogP contribution < -0.4 is 14.8 Å². The molecule has 1 saturated carbocycles. The Balaban J connectivity index is 2.20. The number of hydrogen-bond donors (Lipinski definition) is 1. The second kappa shape index (κ2) is 8.23. The van der Waals surface area contributed by atoms with E-state index in [1.165, 1.54) is 6.42 Å². The molecule has 5 nitrogen and oxygen atoms in total. The van der Waals surface area contributed by atoms with Crippen molar-refractivity contribution in [3.63, 3.8) is 0 Å². The van der Waals surface area contributed by atoms with Crippen LogP contribution in [0.4, 0.5) is 0 Å². The van der Waals surface area contributed by atoms with Gasteiger partial charge in [-0.25, -0.2) is 0 Å². The molecule has 0 aliphatic heterocycles. The van der Waals surface area contributed by atoms with Crippen molar-refractivity contribution >= 4 is 12.0 Å². The zero-order valence-electron chi connectivity index (χ0n) is 13.6. The van der Waals surface area contributed by atoms with E-state index in [1.807, 2.05) is 6.07 Å². The normalized spacial score (nSPS) is 15.6. The average Bonchev–Trinajstić information content (AvgIpc) is 2.60. The van der Waals surface area contributed by atoms with Gasteiger partial charge in [-0.15, -0.1) is 0 Å². The first-order valence-corrected chi connectivity index (χ1v) is 7.82. The van der Waals surface area contributed by atoms with Gasteiger partial charge in [-0.1, -0.05) is 19.3 Å². The zero-order chi connectivity index (χ0) is 16.7. The number of nitrogens with zero attached hydrogens (tertiary/aromatic N) is 1. The van der Waals surface area contributed by atoms with E-state index < -0.39 is 0 Å². The van der Waals surface area contributed by atoms with Crippen LogP contribution in [0, 0.1) is 11.3 Å². The number of nitrogens with one attached hydrogen (secondary N) is 1. The van der Waals surface area contributed by atoms with Gasteiger partial charge in [0.25, 0.3) is 5.91 Å². The predicted molar refractivity (Wildman–Crippen MR) is 88.2 cm³/mol. The molecule has 1 aromatic carbocycles. The standard InChI is InChI=1S/C18H22N2O3/c1-22-16-8-9-17(23-2)13(11-16)10-14(12-19)18(21)20-15-6-4-3-5-7-15/h8-11,15H,3-7H2,1-2H3,(H,20,21)/b14-10-. The SMILES string of the molecule is COc1ccc(OC)c(/C=C(/C#N)C(=O)NC2CCCCC2)c1. The predicted octanol–water partition coefficient (Wildman–Crippen LogP) is 3.06. The van der Waals surface area contributed by atoms with E-state index in [-0.39, 0.29) is 17.5 Å². The molecule has 1 N–H and O–H groups in total. The third-order valence-corrected chi connectivity index (χ3v) is 4.04. The molecule has 2 rings (SSSR count). The fraction of sp³-hybridized carbons (Fsp3) is 0.444. The molecule has 0 atom stereocenters. The minimum atomic E-state index is -0.329. The molecule has 0 unspecified atom stereocenters. The van der Waals surface area contributed by atoms with Crippen LogP contribution in [0.3, 0.4) is 0 Å². The van der Waals surface area contributed by atoms with Gasteiger partial charge < -0.3 is 14.8 Å². The molecular weight excluding hydrogens is 292 g/mol. The third-order valence-electron chi connectivity index (χ3n) is 4.04. The number of hydrogen-bond acceptors (Lipinski definition) is 4. The van der Waals surface area contributed by atoms with Crippen molar-refractivity contribution < 1.29 is 14.3 Å². The van der Waals surface area contributed by atoms with Crippen molar-refractivity contribution in [1.82, 2.24) is 5.32 Å². The molecule has 1 aliphatic carbocycles. The van der Waals surface area contributed by atoms with Gasteiger partial charge in [-0.3, -0.25) is 4.79 Å². The molecule has 1 fully saturated rings. The molecule has 0 spiro atoms. The topological polar surface area (TPSA) is 71.3 Å². The number of amides is 1. The lowest BCUT2D eigenvalue weighted by molar-refractivity contribution is -0.117. The lowest BCUT2D eigenvalue weighted by atomic mass is 9.95. The maximum atomic E-state index is 12.3. The van der Waals surface area contributed by atoms with E-state index in [2.05, 4.69) is 5.32 Å². The van der Waals surface area contributed by atoms with Crippen LogP contribution in [0.1, 0.15) is 37.7 Å². The molecule has 0 bridgehead atoms. The lowest BCUT2D eigenvalue weighted by Gasteiger charge is -2.22. The van der Waals surface area contributed by atoms with Gasteiger partial charge in [0.05, 0.1) is 14.2 Å². The highest BCUT2D eigenvalue weighted by Crippen LogP contribution is 2.26. The van der Waals surface area contributed by atoms with Crippen molar-refractivity contribution in [1.29, 1.82) is 5.26 Å². The highest BCUT2D eigenvalue weighted by Gasteiger charge is 2.18. The van der Waals surface area contributed by atoms with Crippen molar-refractivity contribution in [2.45, 2.75) is 38.1 Å². The Labute approximate surface area is 136 Å². The van der Waals surface area contributed by atoms with Gasteiger partial charge in [0.15, 0.2) is 0 Å². The second-order valence-corrected chi connectivity index (χ2v) is 5.59. The minimum absolute atomic E-state index is 0.0714. The number of carbonyl (C=O) groups excluding carboxylic acids is 1. The Morgan fingerprint density at radius 1 is 1.26 bits per heavy atom. The smallest absolute Gasteiger partial charge is 0.262 e. The number of ether oxygens (including phenoxy) is 2. The summed E-state index contributed by atoms with van der Waals surface area (Å²) in [6, 6.07) is 7.41. The largest absolute Gasteiger partial charge is 0.497 e. The number of rotatable bonds is 5. The van der Waals surface area contributed by atoms with Gasteiger partial charge >= 0.3 is 0 Å². The molecule has 1 aliphatic rings. The maximum Gasteiger partial charge on any atom is 0.262 e. The Morgan fingerprint density at radius 3 is 2.61 bits per heavy atom. The van der Waals surface area contributed by atoms with Crippen molar-refractivity contribution in [3.8, 4) is 17.6 Å². The van der Waals surface area contributed by atoms with E-state index >= 15 is 0 Å². The monoisotopic (exact) mass is 314 g/mol. The van der Waals surface area contributed by atoms with E-state index in [9.17, 15) is 10.1 Å². The Hall–Kier alpha value is -2.48. The van der Waals surface area contributed by atoms with E-state index in [1.54, 1.807) is 38.5 Å². The van der Waals surface area contributed by atoms with E-state index in [4.69, 9.17) is 9.47 Å². The Bertz CT molecular complexity index is 626. The summed E-state index contributed by atoms with van der Waals surface area (Å²) in [6.45, 7) is 0. The lowest BCUT2D eigenvalue weighted by Crippen LogP contribution is -2.36. The fourth-order valence-corrected chi connectivity index (χ4v) is 2.77. The first-order valence-electron chi connectivity index (χ1n) is 7.82. The van der Waals surface area contributed by atoms with Crippen molar-refractivity contribution in [3.05, 3.63) is 29.3 Å². The number of benzene rings is 1. The first-order chi connectivity index (χ1) is 11.2. The van der Waals surface area contributed by atoms with Crippen LogP contribution in [-0.2, 0) is 4.79 Å². The number of methoxy groups -OCH3 is 2. The summed E-state index contributed by atoms with van der Waals surface area (Å²) >= 11 is 0. The molecule has 1 amide bonds. The summed E-state index contributed by atoms with van der Waals surface area (Å²) in [6.07, 6.45) is 6.97. The van der Waals surface area contributed by atoms with E-state index in [0.717, 1.165) is 25.7 Å². The molecule has 1 aromatic rings. The van der Waals surface area contributed by atoms with Crippen LogP contribution in [0.2, 0.25) is 0 Å². The molecule has 0 saturated heterocycles. The first kappa shape index (κ1) is 16.9. The quantitative estimate of drug-likeness (QED) is 0.670. The highest BCUT2D eigenvalue weighted by atomic mass is 16.5. The molecule has 0 aromatic heterocycles. The van der Waals surface area contributed by atoms with Crippen molar-refractivity contribution in [2.24, 2.45) is 0 Å². The Kier molecular flexibility index (Phi) is 6.04. The van der Waals surface area contributed by atoms with Crippen LogP contribution in [0.15, 0.2) is 23.8 Å². The minimum Gasteiger partial charge on any atom is -0.497 e. The van der Waals surface area contributed by atoms with Crippen LogP contribution >= 0.6 is 0 Å². The van der Waals surface area contributed by atoms with Gasteiger partial charge in [0.2, 0.25) is 0 Å². The molecule has 0 radical (unpaired) electrons. The van der Waals surface area contributed by atoms with Crippen molar-refractivity contribution in [2.75, 3.05) is 14.2 Å². The maximum absolute atomic E-state index is 12.3. The third kappa shape index (κ3) is 4.49. The molecule has 23 heavy (non-hydrogen) atoms. The number of carbonyl (C=O) groups is 1. The molecule has 122 valence electrons. The number of nitriles is 1. The molecule has 0 heterocycles. The molecular formula is C18H22N2O3. The van der Waals surface area contributed by atoms with E-state index in [0.29, 0.717) is 17.1 Å². The van der Waals surface area contributed by atoms with Crippen LogP contribution in [0.5, 0.6) is 11.5 Å². The molecule has 5 heteroatoms. The van der Waals surface area contributed by atoms with Gasteiger partial charge in [-0.2, -0.15) is 5.26 Å².